The highest BCUT2D eigenvalue weighted by Gasteiger charge is 2.11. The number of nitrogens with zero attached hydrogens (tertiary/aromatic N) is 3. The summed E-state index contributed by atoms with van der Waals surface area (Å²) in [7, 11) is 0. The first kappa shape index (κ1) is 12.4. The fourth-order valence-electron chi connectivity index (χ4n) is 1.59. The van der Waals surface area contributed by atoms with Crippen molar-refractivity contribution >= 4 is 23.1 Å². The molecule has 0 spiro atoms. The van der Waals surface area contributed by atoms with Crippen molar-refractivity contribution in [2.24, 2.45) is 0 Å². The Hall–Kier alpha value is -2.08. The number of non-ortho nitro benzene ring substituents is 1. The molecular formula is C11H11ClN4O2. The zero-order valence-corrected chi connectivity index (χ0v) is 10.4. The number of aryl methyl sites for hydroxylation is 1. The van der Waals surface area contributed by atoms with Crippen LogP contribution in [-0.4, -0.2) is 14.7 Å². The van der Waals surface area contributed by atoms with Gasteiger partial charge in [0.15, 0.2) is 0 Å². The smallest absolute Gasteiger partial charge is 0.269 e. The van der Waals surface area contributed by atoms with E-state index >= 15 is 0 Å². The van der Waals surface area contributed by atoms with Gasteiger partial charge in [-0.2, -0.15) is 5.10 Å². The van der Waals surface area contributed by atoms with Crippen LogP contribution in [0, 0.1) is 17.0 Å². The van der Waals surface area contributed by atoms with Crippen molar-refractivity contribution in [2.75, 3.05) is 5.73 Å². The SMILES string of the molecule is Cc1nn(Cc2ccc([N+](=O)[O-])cc2)c(N)c1Cl. The molecule has 2 aromatic rings. The molecule has 0 saturated heterocycles. The van der Waals surface area contributed by atoms with Gasteiger partial charge in [0.05, 0.1) is 17.2 Å². The van der Waals surface area contributed by atoms with E-state index in [2.05, 4.69) is 5.10 Å². The van der Waals surface area contributed by atoms with Gasteiger partial charge in [-0.15, -0.1) is 0 Å². The monoisotopic (exact) mass is 266 g/mol. The van der Waals surface area contributed by atoms with Gasteiger partial charge in [-0.05, 0) is 12.5 Å². The molecule has 0 amide bonds. The lowest BCUT2D eigenvalue weighted by molar-refractivity contribution is -0.384. The number of halogens is 1. The predicted molar refractivity (Wildman–Crippen MR) is 68.6 cm³/mol. The molecule has 0 saturated carbocycles. The summed E-state index contributed by atoms with van der Waals surface area (Å²) in [4.78, 5) is 10.1. The van der Waals surface area contributed by atoms with Crippen molar-refractivity contribution in [1.29, 1.82) is 0 Å². The molecule has 2 rings (SSSR count). The average Bonchev–Trinajstić information content (AvgIpc) is 2.58. The van der Waals surface area contributed by atoms with Crippen LogP contribution < -0.4 is 5.73 Å². The summed E-state index contributed by atoms with van der Waals surface area (Å²) < 4.78 is 1.57. The summed E-state index contributed by atoms with van der Waals surface area (Å²) in [6, 6.07) is 6.23. The Morgan fingerprint density at radius 1 is 1.44 bits per heavy atom. The van der Waals surface area contributed by atoms with Gasteiger partial charge >= 0.3 is 0 Å². The summed E-state index contributed by atoms with van der Waals surface area (Å²) >= 11 is 5.93. The molecular weight excluding hydrogens is 256 g/mol. The van der Waals surface area contributed by atoms with Crippen LogP contribution >= 0.6 is 11.6 Å². The molecule has 1 aromatic heterocycles. The van der Waals surface area contributed by atoms with E-state index in [0.29, 0.717) is 23.1 Å². The van der Waals surface area contributed by atoms with Gasteiger partial charge in [-0.3, -0.25) is 10.1 Å². The molecule has 1 aromatic carbocycles. The van der Waals surface area contributed by atoms with E-state index in [1.165, 1.54) is 12.1 Å². The topological polar surface area (TPSA) is 87.0 Å². The van der Waals surface area contributed by atoms with Crippen LogP contribution in [0.3, 0.4) is 0 Å². The number of hydrogen-bond acceptors (Lipinski definition) is 4. The Balaban J connectivity index is 2.23. The quantitative estimate of drug-likeness (QED) is 0.682. The van der Waals surface area contributed by atoms with Crippen LogP contribution in [0.2, 0.25) is 5.02 Å². The maximum Gasteiger partial charge on any atom is 0.269 e. The minimum atomic E-state index is -0.437. The van der Waals surface area contributed by atoms with Gasteiger partial charge in [-0.1, -0.05) is 23.7 Å². The third-order valence-corrected chi connectivity index (χ3v) is 3.04. The molecule has 0 radical (unpaired) electrons. The fraction of sp³-hybridized carbons (Fsp3) is 0.182. The Bertz CT molecular complexity index is 592. The van der Waals surface area contributed by atoms with Gasteiger partial charge in [0.1, 0.15) is 10.8 Å². The van der Waals surface area contributed by atoms with Gasteiger partial charge in [-0.25, -0.2) is 4.68 Å². The van der Waals surface area contributed by atoms with Gasteiger partial charge in [0.25, 0.3) is 5.69 Å². The first-order valence-corrected chi connectivity index (χ1v) is 5.58. The molecule has 18 heavy (non-hydrogen) atoms. The molecule has 0 aliphatic heterocycles. The molecule has 6 nitrogen and oxygen atoms in total. The summed E-state index contributed by atoms with van der Waals surface area (Å²) in [5, 5.41) is 15.2. The highest BCUT2D eigenvalue weighted by molar-refractivity contribution is 6.33. The van der Waals surface area contributed by atoms with E-state index in [4.69, 9.17) is 17.3 Å². The van der Waals surface area contributed by atoms with Crippen LogP contribution in [0.4, 0.5) is 11.5 Å². The maximum absolute atomic E-state index is 10.5. The second-order valence-corrected chi connectivity index (χ2v) is 4.24. The van der Waals surface area contributed by atoms with E-state index in [0.717, 1.165) is 5.56 Å². The van der Waals surface area contributed by atoms with Crippen molar-refractivity contribution in [2.45, 2.75) is 13.5 Å². The molecule has 0 aliphatic rings. The lowest BCUT2D eigenvalue weighted by atomic mass is 10.2. The molecule has 0 unspecified atom stereocenters. The van der Waals surface area contributed by atoms with E-state index in [1.54, 1.807) is 23.7 Å². The third kappa shape index (κ3) is 2.28. The number of nitrogens with two attached hydrogens (primary N) is 1. The van der Waals surface area contributed by atoms with E-state index < -0.39 is 4.92 Å². The molecule has 0 atom stereocenters. The Kier molecular flexibility index (Phi) is 3.20. The molecule has 7 heteroatoms. The van der Waals surface area contributed by atoms with Gasteiger partial charge in [0, 0.05) is 12.1 Å². The third-order valence-electron chi connectivity index (χ3n) is 2.57. The lowest BCUT2D eigenvalue weighted by Crippen LogP contribution is -2.06. The summed E-state index contributed by atoms with van der Waals surface area (Å²) in [5.41, 5.74) is 7.38. The lowest BCUT2D eigenvalue weighted by Gasteiger charge is -2.04. The number of nitrogen functional groups attached to an aromatic ring is 1. The molecule has 94 valence electrons. The standard InChI is InChI=1S/C11H11ClN4O2/c1-7-10(12)11(13)15(14-7)6-8-2-4-9(5-3-8)16(17)18/h2-5H,6,13H2,1H3. The zero-order chi connectivity index (χ0) is 13.3. The van der Waals surface area contributed by atoms with Crippen molar-refractivity contribution in [1.82, 2.24) is 9.78 Å². The van der Waals surface area contributed by atoms with Crippen LogP contribution in [0.1, 0.15) is 11.3 Å². The number of anilines is 1. The highest BCUT2D eigenvalue weighted by Crippen LogP contribution is 2.23. The van der Waals surface area contributed by atoms with Gasteiger partial charge < -0.3 is 5.73 Å². The molecule has 0 bridgehead atoms. The molecule has 2 N–H and O–H groups in total. The Morgan fingerprint density at radius 3 is 2.50 bits per heavy atom. The second kappa shape index (κ2) is 4.66. The minimum Gasteiger partial charge on any atom is -0.383 e. The number of benzene rings is 1. The zero-order valence-electron chi connectivity index (χ0n) is 9.63. The van der Waals surface area contributed by atoms with Crippen LogP contribution in [0.15, 0.2) is 24.3 Å². The van der Waals surface area contributed by atoms with Crippen molar-refractivity contribution in [3.8, 4) is 0 Å². The highest BCUT2D eigenvalue weighted by atomic mass is 35.5. The largest absolute Gasteiger partial charge is 0.383 e. The number of nitro groups is 1. The Labute approximate surface area is 108 Å². The van der Waals surface area contributed by atoms with E-state index in [9.17, 15) is 10.1 Å². The Morgan fingerprint density at radius 2 is 2.06 bits per heavy atom. The maximum atomic E-state index is 10.5. The van der Waals surface area contributed by atoms with Crippen molar-refractivity contribution in [3.05, 3.63) is 50.7 Å². The van der Waals surface area contributed by atoms with Crippen molar-refractivity contribution in [3.63, 3.8) is 0 Å². The second-order valence-electron chi connectivity index (χ2n) is 3.87. The number of aromatic nitrogens is 2. The predicted octanol–water partition coefficient (Wildman–Crippen LogP) is 2.38. The van der Waals surface area contributed by atoms with E-state index in [-0.39, 0.29) is 5.69 Å². The average molecular weight is 267 g/mol. The minimum absolute atomic E-state index is 0.0569. The van der Waals surface area contributed by atoms with Crippen LogP contribution in [0.5, 0.6) is 0 Å². The first-order chi connectivity index (χ1) is 8.49. The normalized spacial score (nSPS) is 10.6. The number of rotatable bonds is 3. The number of nitro benzene ring substituents is 1. The van der Waals surface area contributed by atoms with Crippen LogP contribution in [0.25, 0.3) is 0 Å². The molecule has 1 heterocycles. The molecule has 0 aliphatic carbocycles. The van der Waals surface area contributed by atoms with E-state index in [1.807, 2.05) is 0 Å². The molecule has 0 fully saturated rings. The van der Waals surface area contributed by atoms with Gasteiger partial charge in [0.2, 0.25) is 0 Å². The summed E-state index contributed by atoms with van der Waals surface area (Å²) in [6.07, 6.45) is 0. The summed E-state index contributed by atoms with van der Waals surface area (Å²) in [5.74, 6) is 0.396. The number of hydrogen-bond donors (Lipinski definition) is 1. The van der Waals surface area contributed by atoms with Crippen LogP contribution in [-0.2, 0) is 6.54 Å². The van der Waals surface area contributed by atoms with Crippen molar-refractivity contribution < 1.29 is 4.92 Å². The first-order valence-electron chi connectivity index (χ1n) is 5.20. The fourth-order valence-corrected chi connectivity index (χ4v) is 1.73. The summed E-state index contributed by atoms with van der Waals surface area (Å²) in [6.45, 7) is 2.20.